The predicted molar refractivity (Wildman–Crippen MR) is 54.5 cm³/mol. The molecule has 1 aromatic rings. The molecule has 2 nitrogen and oxygen atoms in total. The van der Waals surface area contributed by atoms with E-state index in [1.54, 1.807) is 0 Å². The van der Waals surface area contributed by atoms with E-state index < -0.39 is 0 Å². The fourth-order valence-electron chi connectivity index (χ4n) is 1.48. The van der Waals surface area contributed by atoms with Crippen LogP contribution in [0.5, 0.6) is 0 Å². The van der Waals surface area contributed by atoms with Gasteiger partial charge in [0.25, 0.3) is 0 Å². The van der Waals surface area contributed by atoms with E-state index in [0.717, 1.165) is 19.4 Å². The Morgan fingerprint density at radius 3 is 2.38 bits per heavy atom. The van der Waals surface area contributed by atoms with Crippen LogP contribution in [0.3, 0.4) is 0 Å². The highest BCUT2D eigenvalue weighted by atomic mass is 16.3. The highest BCUT2D eigenvalue weighted by molar-refractivity contribution is 4.90. The first-order chi connectivity index (χ1) is 6.18. The largest absolute Gasteiger partial charge is 0.393 e. The smallest absolute Gasteiger partial charge is 0.0559 e. The van der Waals surface area contributed by atoms with Gasteiger partial charge < -0.3 is 9.67 Å². The van der Waals surface area contributed by atoms with Crippen molar-refractivity contribution in [2.75, 3.05) is 0 Å². The van der Waals surface area contributed by atoms with Gasteiger partial charge in [-0.3, -0.25) is 0 Å². The van der Waals surface area contributed by atoms with Gasteiger partial charge in [-0.25, -0.2) is 0 Å². The number of hydrogen-bond donors (Lipinski definition) is 1. The fourth-order valence-corrected chi connectivity index (χ4v) is 1.48. The van der Waals surface area contributed by atoms with Crippen molar-refractivity contribution in [3.8, 4) is 0 Å². The molecule has 13 heavy (non-hydrogen) atoms. The lowest BCUT2D eigenvalue weighted by atomic mass is 10.0. The average Bonchev–Trinajstić information content (AvgIpc) is 2.51. The molecule has 0 aliphatic rings. The lowest BCUT2D eigenvalue weighted by Gasteiger charge is -2.12. The number of aliphatic hydroxyl groups is 1. The van der Waals surface area contributed by atoms with Crippen LogP contribution < -0.4 is 0 Å². The third-order valence-corrected chi connectivity index (χ3v) is 2.13. The van der Waals surface area contributed by atoms with Crippen molar-refractivity contribution < 1.29 is 5.11 Å². The standard InChI is InChI=1S/C11H19NO/c1-10(2)9-11(13)5-8-12-6-3-4-7-12/h3-4,6-7,10-11,13H,5,8-9H2,1-2H3. The maximum absolute atomic E-state index is 9.61. The zero-order chi connectivity index (χ0) is 9.68. The molecular weight excluding hydrogens is 162 g/mol. The second kappa shape index (κ2) is 5.07. The van der Waals surface area contributed by atoms with Crippen molar-refractivity contribution in [1.82, 2.24) is 4.57 Å². The Morgan fingerprint density at radius 1 is 1.23 bits per heavy atom. The minimum atomic E-state index is -0.151. The third kappa shape index (κ3) is 4.13. The molecule has 0 saturated heterocycles. The quantitative estimate of drug-likeness (QED) is 0.740. The molecule has 0 fully saturated rings. The Labute approximate surface area is 80.2 Å². The summed E-state index contributed by atoms with van der Waals surface area (Å²) in [6, 6.07) is 4.02. The minimum absolute atomic E-state index is 0.151. The van der Waals surface area contributed by atoms with Gasteiger partial charge in [0.05, 0.1) is 6.10 Å². The average molecular weight is 181 g/mol. The Kier molecular flexibility index (Phi) is 4.03. The van der Waals surface area contributed by atoms with Crippen molar-refractivity contribution in [1.29, 1.82) is 0 Å². The summed E-state index contributed by atoms with van der Waals surface area (Å²) in [6.07, 6.45) is 5.67. The van der Waals surface area contributed by atoms with E-state index >= 15 is 0 Å². The van der Waals surface area contributed by atoms with Crippen LogP contribution in [0, 0.1) is 5.92 Å². The zero-order valence-corrected chi connectivity index (χ0v) is 8.48. The summed E-state index contributed by atoms with van der Waals surface area (Å²) in [5.41, 5.74) is 0. The molecule has 1 atom stereocenters. The van der Waals surface area contributed by atoms with E-state index in [1.165, 1.54) is 0 Å². The summed E-state index contributed by atoms with van der Waals surface area (Å²) in [6.45, 7) is 5.19. The highest BCUT2D eigenvalue weighted by Crippen LogP contribution is 2.08. The summed E-state index contributed by atoms with van der Waals surface area (Å²) in [4.78, 5) is 0. The van der Waals surface area contributed by atoms with E-state index in [-0.39, 0.29) is 6.10 Å². The molecule has 0 aliphatic carbocycles. The van der Waals surface area contributed by atoms with Crippen LogP contribution in [0.25, 0.3) is 0 Å². The first-order valence-electron chi connectivity index (χ1n) is 4.97. The van der Waals surface area contributed by atoms with Crippen molar-refractivity contribution in [2.45, 2.75) is 39.3 Å². The number of aryl methyl sites for hydroxylation is 1. The van der Waals surface area contributed by atoms with Gasteiger partial charge in [0, 0.05) is 18.9 Å². The summed E-state index contributed by atoms with van der Waals surface area (Å²) in [7, 11) is 0. The number of nitrogens with zero attached hydrogens (tertiary/aromatic N) is 1. The van der Waals surface area contributed by atoms with Crippen molar-refractivity contribution >= 4 is 0 Å². The Hall–Kier alpha value is -0.760. The van der Waals surface area contributed by atoms with Crippen LogP contribution in [-0.2, 0) is 6.54 Å². The van der Waals surface area contributed by atoms with Crippen LogP contribution in [0.15, 0.2) is 24.5 Å². The van der Waals surface area contributed by atoms with Gasteiger partial charge in [0.1, 0.15) is 0 Å². The summed E-state index contributed by atoms with van der Waals surface area (Å²) < 4.78 is 2.10. The van der Waals surface area contributed by atoms with Gasteiger partial charge >= 0.3 is 0 Å². The van der Waals surface area contributed by atoms with Crippen LogP contribution in [0.1, 0.15) is 26.7 Å². The number of aliphatic hydroxyl groups excluding tert-OH is 1. The molecule has 1 aromatic heterocycles. The Morgan fingerprint density at radius 2 is 1.85 bits per heavy atom. The number of aromatic nitrogens is 1. The van der Waals surface area contributed by atoms with Gasteiger partial charge in [-0.05, 0) is 30.9 Å². The molecule has 1 unspecified atom stereocenters. The van der Waals surface area contributed by atoms with Crippen LogP contribution in [0.4, 0.5) is 0 Å². The fraction of sp³-hybridized carbons (Fsp3) is 0.636. The molecule has 0 saturated carbocycles. The predicted octanol–water partition coefficient (Wildman–Crippen LogP) is 2.29. The third-order valence-electron chi connectivity index (χ3n) is 2.13. The van der Waals surface area contributed by atoms with Gasteiger partial charge in [0.15, 0.2) is 0 Å². The maximum Gasteiger partial charge on any atom is 0.0559 e. The second-order valence-electron chi connectivity index (χ2n) is 3.99. The van der Waals surface area contributed by atoms with Crippen LogP contribution >= 0.6 is 0 Å². The molecule has 1 heterocycles. The maximum atomic E-state index is 9.61. The second-order valence-corrected chi connectivity index (χ2v) is 3.99. The van der Waals surface area contributed by atoms with Gasteiger partial charge in [-0.15, -0.1) is 0 Å². The van der Waals surface area contributed by atoms with Crippen LogP contribution in [-0.4, -0.2) is 15.8 Å². The van der Waals surface area contributed by atoms with E-state index in [4.69, 9.17) is 0 Å². The van der Waals surface area contributed by atoms with E-state index in [2.05, 4.69) is 18.4 Å². The number of hydrogen-bond acceptors (Lipinski definition) is 1. The lowest BCUT2D eigenvalue weighted by Crippen LogP contribution is -2.12. The molecule has 0 amide bonds. The first-order valence-corrected chi connectivity index (χ1v) is 4.97. The molecule has 0 aromatic carbocycles. The molecule has 0 aliphatic heterocycles. The van der Waals surface area contributed by atoms with E-state index in [9.17, 15) is 5.11 Å². The van der Waals surface area contributed by atoms with Crippen molar-refractivity contribution in [3.05, 3.63) is 24.5 Å². The van der Waals surface area contributed by atoms with Gasteiger partial charge in [-0.1, -0.05) is 13.8 Å². The monoisotopic (exact) mass is 181 g/mol. The molecular formula is C11H19NO. The molecule has 1 rings (SSSR count). The highest BCUT2D eigenvalue weighted by Gasteiger charge is 2.06. The van der Waals surface area contributed by atoms with Crippen molar-refractivity contribution in [2.24, 2.45) is 5.92 Å². The molecule has 0 bridgehead atoms. The Balaban J connectivity index is 2.19. The number of rotatable bonds is 5. The molecule has 2 heteroatoms. The lowest BCUT2D eigenvalue weighted by molar-refractivity contribution is 0.134. The normalized spacial score (nSPS) is 13.5. The zero-order valence-electron chi connectivity index (χ0n) is 8.48. The molecule has 1 N–H and O–H groups in total. The van der Waals surface area contributed by atoms with Gasteiger partial charge in [0.2, 0.25) is 0 Å². The molecule has 74 valence electrons. The molecule has 0 spiro atoms. The first kappa shape index (κ1) is 10.3. The Bertz CT molecular complexity index is 216. The summed E-state index contributed by atoms with van der Waals surface area (Å²) in [5.74, 6) is 0.583. The van der Waals surface area contributed by atoms with Gasteiger partial charge in [-0.2, -0.15) is 0 Å². The van der Waals surface area contributed by atoms with E-state index in [1.807, 2.05) is 24.5 Å². The molecule has 0 radical (unpaired) electrons. The summed E-state index contributed by atoms with van der Waals surface area (Å²) in [5, 5.41) is 9.61. The van der Waals surface area contributed by atoms with Crippen LogP contribution in [0.2, 0.25) is 0 Å². The SMILES string of the molecule is CC(C)CC(O)CCn1cccc1. The summed E-state index contributed by atoms with van der Waals surface area (Å²) >= 11 is 0. The van der Waals surface area contributed by atoms with Crippen molar-refractivity contribution in [3.63, 3.8) is 0 Å². The van der Waals surface area contributed by atoms with E-state index in [0.29, 0.717) is 5.92 Å². The minimum Gasteiger partial charge on any atom is -0.393 e. The topological polar surface area (TPSA) is 25.2 Å².